The summed E-state index contributed by atoms with van der Waals surface area (Å²) in [5.74, 6) is -0.0425. The second-order valence-electron chi connectivity index (χ2n) is 9.72. The van der Waals surface area contributed by atoms with Gasteiger partial charge in [-0.05, 0) is 48.9 Å². The summed E-state index contributed by atoms with van der Waals surface area (Å²) in [7, 11) is 1.80. The van der Waals surface area contributed by atoms with Crippen LogP contribution in [0.15, 0.2) is 48.5 Å². The summed E-state index contributed by atoms with van der Waals surface area (Å²) in [4.78, 5) is 40.8. The highest BCUT2D eigenvalue weighted by Gasteiger charge is 2.27. The molecule has 2 amide bonds. The van der Waals surface area contributed by atoms with Crippen molar-refractivity contribution in [2.24, 2.45) is 0 Å². The number of aliphatic hydroxyl groups is 1. The van der Waals surface area contributed by atoms with Gasteiger partial charge in [0.1, 0.15) is 0 Å². The summed E-state index contributed by atoms with van der Waals surface area (Å²) in [6, 6.07) is 15.1. The molecule has 0 spiro atoms. The molecule has 0 saturated carbocycles. The Morgan fingerprint density at radius 1 is 1.03 bits per heavy atom. The quantitative estimate of drug-likeness (QED) is 0.599. The first-order chi connectivity index (χ1) is 16.8. The lowest BCUT2D eigenvalue weighted by atomic mass is 9.90. The Balaban J connectivity index is 1.27. The van der Waals surface area contributed by atoms with Gasteiger partial charge in [0.25, 0.3) is 5.91 Å². The maximum Gasteiger partial charge on any atom is 0.253 e. The van der Waals surface area contributed by atoms with E-state index in [0.29, 0.717) is 30.6 Å². The topological polar surface area (TPSA) is 90.0 Å². The lowest BCUT2D eigenvalue weighted by Gasteiger charge is -2.36. The second kappa shape index (κ2) is 11.1. The number of fused-ring (bicyclic) bond motifs is 1. The van der Waals surface area contributed by atoms with Gasteiger partial charge in [-0.25, -0.2) is 0 Å². The van der Waals surface area contributed by atoms with Gasteiger partial charge in [0.05, 0.1) is 6.10 Å². The van der Waals surface area contributed by atoms with Crippen LogP contribution in [0.5, 0.6) is 0 Å². The van der Waals surface area contributed by atoms with Gasteiger partial charge in [0, 0.05) is 63.2 Å². The van der Waals surface area contributed by atoms with Crippen molar-refractivity contribution >= 4 is 17.6 Å². The van der Waals surface area contributed by atoms with Crippen LogP contribution < -0.4 is 5.32 Å². The Morgan fingerprint density at radius 2 is 1.66 bits per heavy atom. The van der Waals surface area contributed by atoms with E-state index in [1.807, 2.05) is 17.0 Å². The van der Waals surface area contributed by atoms with E-state index >= 15 is 0 Å². The third-order valence-corrected chi connectivity index (χ3v) is 7.48. The van der Waals surface area contributed by atoms with Crippen molar-refractivity contribution in [2.75, 3.05) is 20.1 Å². The zero-order valence-corrected chi connectivity index (χ0v) is 20.6. The molecule has 2 aliphatic rings. The second-order valence-corrected chi connectivity index (χ2v) is 9.72. The highest BCUT2D eigenvalue weighted by atomic mass is 16.3. The van der Waals surface area contributed by atoms with E-state index in [2.05, 4.69) is 17.4 Å². The molecule has 2 N–H and O–H groups in total. The van der Waals surface area contributed by atoms with Gasteiger partial charge in [-0.1, -0.05) is 36.4 Å². The van der Waals surface area contributed by atoms with Gasteiger partial charge >= 0.3 is 0 Å². The van der Waals surface area contributed by atoms with Crippen LogP contribution in [0.25, 0.3) is 0 Å². The normalized spacial score (nSPS) is 19.1. The maximum absolute atomic E-state index is 12.9. The van der Waals surface area contributed by atoms with Crippen LogP contribution in [-0.2, 0) is 17.8 Å². The van der Waals surface area contributed by atoms with Crippen LogP contribution in [0.3, 0.4) is 0 Å². The van der Waals surface area contributed by atoms with Crippen LogP contribution in [0.1, 0.15) is 64.4 Å². The minimum atomic E-state index is -0.601. The molecule has 186 valence electrons. The Kier molecular flexibility index (Phi) is 7.98. The SMILES string of the molecule is CC(=O)N1CCC(N(C)C(=O)c2ccc(C(=O)CC[C@@H](O)[C@@H]3Cc4ccccc4CN3)cc2)CC1. The van der Waals surface area contributed by atoms with E-state index in [0.717, 1.165) is 25.8 Å². The van der Waals surface area contributed by atoms with Gasteiger partial charge in [-0.3, -0.25) is 14.4 Å². The van der Waals surface area contributed by atoms with E-state index in [-0.39, 0.29) is 36.1 Å². The molecule has 0 aromatic heterocycles. The van der Waals surface area contributed by atoms with Crippen molar-refractivity contribution in [1.82, 2.24) is 15.1 Å². The molecule has 7 heteroatoms. The minimum absolute atomic E-state index is 0.0378. The molecule has 2 heterocycles. The first-order valence-corrected chi connectivity index (χ1v) is 12.5. The Morgan fingerprint density at radius 3 is 2.31 bits per heavy atom. The number of nitrogens with zero attached hydrogens (tertiary/aromatic N) is 2. The first-order valence-electron chi connectivity index (χ1n) is 12.5. The maximum atomic E-state index is 12.9. The number of hydrogen-bond donors (Lipinski definition) is 2. The number of carbonyl (C=O) groups excluding carboxylic acids is 3. The molecule has 2 aromatic carbocycles. The number of nitrogens with one attached hydrogen (secondary N) is 1. The van der Waals surface area contributed by atoms with E-state index in [9.17, 15) is 19.5 Å². The van der Waals surface area contributed by atoms with Crippen molar-refractivity contribution in [3.63, 3.8) is 0 Å². The Labute approximate surface area is 207 Å². The molecule has 0 radical (unpaired) electrons. The van der Waals surface area contributed by atoms with Crippen molar-refractivity contribution in [3.05, 3.63) is 70.8 Å². The predicted octanol–water partition coefficient (Wildman–Crippen LogP) is 2.81. The summed E-state index contributed by atoms with van der Waals surface area (Å²) < 4.78 is 0. The third-order valence-electron chi connectivity index (χ3n) is 7.48. The molecular formula is C28H35N3O4. The number of Topliss-reactive ketones (excluding diaryl/α,β-unsaturated/α-hetero) is 1. The van der Waals surface area contributed by atoms with Gasteiger partial charge in [-0.2, -0.15) is 0 Å². The highest BCUT2D eigenvalue weighted by molar-refractivity contribution is 5.98. The summed E-state index contributed by atoms with van der Waals surface area (Å²) in [6.45, 7) is 3.63. The van der Waals surface area contributed by atoms with Crippen molar-refractivity contribution in [3.8, 4) is 0 Å². The first kappa shape index (κ1) is 25.1. The van der Waals surface area contributed by atoms with Crippen LogP contribution in [0.4, 0.5) is 0 Å². The minimum Gasteiger partial charge on any atom is -0.391 e. The van der Waals surface area contributed by atoms with Crippen LogP contribution in [-0.4, -0.2) is 70.8 Å². The number of ketones is 1. The van der Waals surface area contributed by atoms with Crippen molar-refractivity contribution in [2.45, 2.75) is 63.8 Å². The molecule has 2 aromatic rings. The molecule has 4 rings (SSSR count). The van der Waals surface area contributed by atoms with Crippen LogP contribution >= 0.6 is 0 Å². The number of rotatable bonds is 7. The molecule has 0 bridgehead atoms. The van der Waals surface area contributed by atoms with Crippen molar-refractivity contribution < 1.29 is 19.5 Å². The van der Waals surface area contributed by atoms with E-state index < -0.39 is 6.10 Å². The van der Waals surface area contributed by atoms with Crippen molar-refractivity contribution in [1.29, 1.82) is 0 Å². The summed E-state index contributed by atoms with van der Waals surface area (Å²) in [5.41, 5.74) is 3.60. The molecule has 7 nitrogen and oxygen atoms in total. The van der Waals surface area contributed by atoms with E-state index in [4.69, 9.17) is 0 Å². The number of benzene rings is 2. The van der Waals surface area contributed by atoms with Gasteiger partial charge in [0.2, 0.25) is 5.91 Å². The fourth-order valence-corrected chi connectivity index (χ4v) is 5.11. The third kappa shape index (κ3) is 5.97. The van der Waals surface area contributed by atoms with Gasteiger partial charge < -0.3 is 20.2 Å². The Hall–Kier alpha value is -3.03. The lowest BCUT2D eigenvalue weighted by molar-refractivity contribution is -0.130. The Bertz CT molecular complexity index is 1060. The van der Waals surface area contributed by atoms with E-state index in [1.165, 1.54) is 11.1 Å². The van der Waals surface area contributed by atoms with Crippen LogP contribution in [0, 0.1) is 0 Å². The molecule has 1 fully saturated rings. The predicted molar refractivity (Wildman–Crippen MR) is 134 cm³/mol. The van der Waals surface area contributed by atoms with E-state index in [1.54, 1.807) is 43.1 Å². The average Bonchev–Trinajstić information content (AvgIpc) is 2.90. The molecule has 35 heavy (non-hydrogen) atoms. The number of carbonyl (C=O) groups is 3. The molecule has 1 saturated heterocycles. The standard InChI is InChI=1S/C28H35N3O4/c1-19(32)31-15-13-24(14-16-31)30(2)28(35)21-9-7-20(8-10-21)26(33)11-12-27(34)25-17-22-5-3-4-6-23(22)18-29-25/h3-10,24-25,27,29,34H,11-18H2,1-2H3/t25-,27+/m0/s1. The molecular weight excluding hydrogens is 442 g/mol. The number of likely N-dealkylation sites (tertiary alicyclic amines) is 1. The molecule has 0 unspecified atom stereocenters. The number of aliphatic hydroxyl groups excluding tert-OH is 1. The van der Waals surface area contributed by atoms with Gasteiger partial charge in [0.15, 0.2) is 5.78 Å². The fourth-order valence-electron chi connectivity index (χ4n) is 5.11. The average molecular weight is 478 g/mol. The summed E-state index contributed by atoms with van der Waals surface area (Å²) in [5, 5.41) is 14.0. The summed E-state index contributed by atoms with van der Waals surface area (Å²) >= 11 is 0. The zero-order chi connectivity index (χ0) is 24.9. The molecule has 2 atom stereocenters. The number of amides is 2. The summed E-state index contributed by atoms with van der Waals surface area (Å²) in [6.07, 6.45) is 2.33. The largest absolute Gasteiger partial charge is 0.391 e. The number of piperidine rings is 1. The number of hydrogen-bond acceptors (Lipinski definition) is 5. The van der Waals surface area contributed by atoms with Crippen LogP contribution in [0.2, 0.25) is 0 Å². The molecule has 2 aliphatic heterocycles. The zero-order valence-electron chi connectivity index (χ0n) is 20.6. The smallest absolute Gasteiger partial charge is 0.253 e. The fraction of sp³-hybridized carbons (Fsp3) is 0.464. The lowest BCUT2D eigenvalue weighted by Crippen LogP contribution is -2.46. The van der Waals surface area contributed by atoms with Gasteiger partial charge in [-0.15, -0.1) is 0 Å². The molecule has 0 aliphatic carbocycles. The highest BCUT2D eigenvalue weighted by Crippen LogP contribution is 2.21. The monoisotopic (exact) mass is 477 g/mol.